The maximum Gasteiger partial charge on any atom is 0.239 e. The molecule has 5 nitrogen and oxygen atoms in total. The van der Waals surface area contributed by atoms with E-state index in [1.54, 1.807) is 0 Å². The Balaban J connectivity index is 1.66. The standard InChI is InChI=1S/C21H33N3O2/c1-16(2)9-10-20(25)22-13-21(26)23-17(3)19-11-12-24(15-19)14-18-7-5-4-6-8-18/h4-8,16-17,19H,9-15H2,1-3H3,(H,22,25)(H,23,26). The van der Waals surface area contributed by atoms with Crippen molar-refractivity contribution >= 4 is 11.8 Å². The summed E-state index contributed by atoms with van der Waals surface area (Å²) in [5.74, 6) is 0.809. The van der Waals surface area contributed by atoms with Gasteiger partial charge in [-0.2, -0.15) is 0 Å². The topological polar surface area (TPSA) is 61.4 Å². The molecule has 2 atom stereocenters. The van der Waals surface area contributed by atoms with Crippen LogP contribution in [0.5, 0.6) is 0 Å². The van der Waals surface area contributed by atoms with Gasteiger partial charge < -0.3 is 10.6 Å². The number of hydrogen-bond donors (Lipinski definition) is 2. The average molecular weight is 360 g/mol. The van der Waals surface area contributed by atoms with Gasteiger partial charge in [-0.1, -0.05) is 44.2 Å². The SMILES string of the molecule is CC(C)CCC(=O)NCC(=O)NC(C)C1CCN(Cc2ccccc2)C1. The second-order valence-electron chi connectivity index (χ2n) is 7.83. The number of carbonyl (C=O) groups excluding carboxylic acids is 2. The van der Waals surface area contributed by atoms with Gasteiger partial charge >= 0.3 is 0 Å². The lowest BCUT2D eigenvalue weighted by molar-refractivity contribution is -0.126. The van der Waals surface area contributed by atoms with Crippen LogP contribution in [0.4, 0.5) is 0 Å². The Morgan fingerprint density at radius 2 is 1.88 bits per heavy atom. The van der Waals surface area contributed by atoms with E-state index >= 15 is 0 Å². The minimum absolute atomic E-state index is 0.0450. The van der Waals surface area contributed by atoms with Crippen molar-refractivity contribution in [2.45, 2.75) is 52.6 Å². The monoisotopic (exact) mass is 359 g/mol. The van der Waals surface area contributed by atoms with Crippen molar-refractivity contribution in [2.24, 2.45) is 11.8 Å². The van der Waals surface area contributed by atoms with Crippen molar-refractivity contribution in [1.29, 1.82) is 0 Å². The molecular formula is C21H33N3O2. The van der Waals surface area contributed by atoms with Gasteiger partial charge in [0.05, 0.1) is 6.54 Å². The molecule has 144 valence electrons. The molecule has 2 rings (SSSR count). The van der Waals surface area contributed by atoms with Crippen LogP contribution < -0.4 is 10.6 Å². The van der Waals surface area contributed by atoms with E-state index in [0.717, 1.165) is 32.5 Å². The van der Waals surface area contributed by atoms with Gasteiger partial charge in [-0.15, -0.1) is 0 Å². The molecule has 0 bridgehead atoms. The first-order valence-electron chi connectivity index (χ1n) is 9.76. The van der Waals surface area contributed by atoms with Gasteiger partial charge in [-0.3, -0.25) is 14.5 Å². The van der Waals surface area contributed by atoms with Crippen LogP contribution in [0.2, 0.25) is 0 Å². The summed E-state index contributed by atoms with van der Waals surface area (Å²) >= 11 is 0. The van der Waals surface area contributed by atoms with Gasteiger partial charge in [0.15, 0.2) is 0 Å². The van der Waals surface area contributed by atoms with E-state index < -0.39 is 0 Å². The van der Waals surface area contributed by atoms with E-state index in [9.17, 15) is 9.59 Å². The third kappa shape index (κ3) is 7.16. The average Bonchev–Trinajstić information content (AvgIpc) is 3.07. The van der Waals surface area contributed by atoms with Gasteiger partial charge in [0, 0.05) is 25.6 Å². The minimum atomic E-state index is -0.100. The predicted octanol–water partition coefficient (Wildman–Crippen LogP) is 2.57. The van der Waals surface area contributed by atoms with Crippen LogP contribution in [0, 0.1) is 11.8 Å². The first-order chi connectivity index (χ1) is 12.4. The Bertz CT molecular complexity index is 574. The summed E-state index contributed by atoms with van der Waals surface area (Å²) in [4.78, 5) is 26.2. The highest BCUT2D eigenvalue weighted by atomic mass is 16.2. The molecule has 0 aliphatic carbocycles. The third-order valence-corrected chi connectivity index (χ3v) is 5.05. The number of rotatable bonds is 9. The van der Waals surface area contributed by atoms with Crippen LogP contribution in [-0.4, -0.2) is 42.4 Å². The zero-order chi connectivity index (χ0) is 18.9. The van der Waals surface area contributed by atoms with Crippen LogP contribution >= 0.6 is 0 Å². The number of nitrogens with one attached hydrogen (secondary N) is 2. The normalized spacial score (nSPS) is 18.7. The Kier molecular flexibility index (Phi) is 8.10. The molecule has 1 heterocycles. The van der Waals surface area contributed by atoms with Gasteiger partial charge in [0.1, 0.15) is 0 Å². The van der Waals surface area contributed by atoms with Crippen molar-refractivity contribution in [2.75, 3.05) is 19.6 Å². The van der Waals surface area contributed by atoms with Crippen molar-refractivity contribution in [3.8, 4) is 0 Å². The second kappa shape index (κ2) is 10.3. The van der Waals surface area contributed by atoms with Crippen LogP contribution in [0.3, 0.4) is 0 Å². The summed E-state index contributed by atoms with van der Waals surface area (Å²) in [6.07, 6.45) is 2.43. The maximum atomic E-state index is 12.1. The molecular weight excluding hydrogens is 326 g/mol. The molecule has 1 aromatic rings. The molecule has 1 saturated heterocycles. The lowest BCUT2D eigenvalue weighted by atomic mass is 10.0. The first-order valence-corrected chi connectivity index (χ1v) is 9.76. The minimum Gasteiger partial charge on any atom is -0.352 e. The molecule has 0 spiro atoms. The zero-order valence-corrected chi connectivity index (χ0v) is 16.3. The number of nitrogens with zero attached hydrogens (tertiary/aromatic N) is 1. The predicted molar refractivity (Wildman–Crippen MR) is 105 cm³/mol. The van der Waals surface area contributed by atoms with E-state index in [1.807, 2.05) is 6.07 Å². The fraction of sp³-hybridized carbons (Fsp3) is 0.619. The van der Waals surface area contributed by atoms with Crippen molar-refractivity contribution in [3.63, 3.8) is 0 Å². The fourth-order valence-electron chi connectivity index (χ4n) is 3.37. The highest BCUT2D eigenvalue weighted by molar-refractivity contribution is 5.84. The third-order valence-electron chi connectivity index (χ3n) is 5.05. The molecule has 2 unspecified atom stereocenters. The quantitative estimate of drug-likeness (QED) is 0.712. The van der Waals surface area contributed by atoms with E-state index in [0.29, 0.717) is 18.3 Å². The summed E-state index contributed by atoms with van der Waals surface area (Å²) in [7, 11) is 0. The number of hydrogen-bond acceptors (Lipinski definition) is 3. The van der Waals surface area contributed by atoms with E-state index in [4.69, 9.17) is 0 Å². The van der Waals surface area contributed by atoms with Gasteiger partial charge in [-0.05, 0) is 43.7 Å². The molecule has 1 aliphatic heterocycles. The van der Waals surface area contributed by atoms with Crippen LogP contribution in [-0.2, 0) is 16.1 Å². The number of benzene rings is 1. The van der Waals surface area contributed by atoms with Crippen LogP contribution in [0.15, 0.2) is 30.3 Å². The van der Waals surface area contributed by atoms with Gasteiger partial charge in [-0.25, -0.2) is 0 Å². The summed E-state index contributed by atoms with van der Waals surface area (Å²) in [5, 5.41) is 5.76. The molecule has 0 radical (unpaired) electrons. The molecule has 0 aromatic heterocycles. The number of likely N-dealkylation sites (tertiary alicyclic amines) is 1. The largest absolute Gasteiger partial charge is 0.352 e. The van der Waals surface area contributed by atoms with Crippen LogP contribution in [0.25, 0.3) is 0 Å². The summed E-state index contributed by atoms with van der Waals surface area (Å²) in [6.45, 7) is 9.33. The number of amides is 2. The van der Waals surface area contributed by atoms with Crippen LogP contribution in [0.1, 0.15) is 45.6 Å². The first kappa shape index (κ1) is 20.4. The van der Waals surface area contributed by atoms with Crippen molar-refractivity contribution in [3.05, 3.63) is 35.9 Å². The molecule has 1 aliphatic rings. The smallest absolute Gasteiger partial charge is 0.239 e. The Labute approximate surface area is 157 Å². The molecule has 5 heteroatoms. The molecule has 1 aromatic carbocycles. The van der Waals surface area contributed by atoms with Gasteiger partial charge in [0.25, 0.3) is 0 Å². The molecule has 2 N–H and O–H groups in total. The molecule has 0 saturated carbocycles. The molecule has 26 heavy (non-hydrogen) atoms. The fourth-order valence-corrected chi connectivity index (χ4v) is 3.37. The highest BCUT2D eigenvalue weighted by Gasteiger charge is 2.27. The lowest BCUT2D eigenvalue weighted by Gasteiger charge is -2.22. The maximum absolute atomic E-state index is 12.1. The Hall–Kier alpha value is -1.88. The van der Waals surface area contributed by atoms with Crippen molar-refractivity contribution < 1.29 is 9.59 Å². The summed E-state index contributed by atoms with van der Waals surface area (Å²) in [6, 6.07) is 10.6. The van der Waals surface area contributed by atoms with E-state index in [1.165, 1.54) is 5.56 Å². The Morgan fingerprint density at radius 1 is 1.15 bits per heavy atom. The van der Waals surface area contributed by atoms with E-state index in [-0.39, 0.29) is 24.4 Å². The summed E-state index contributed by atoms with van der Waals surface area (Å²) < 4.78 is 0. The van der Waals surface area contributed by atoms with Crippen molar-refractivity contribution in [1.82, 2.24) is 15.5 Å². The van der Waals surface area contributed by atoms with Gasteiger partial charge in [0.2, 0.25) is 11.8 Å². The summed E-state index contributed by atoms with van der Waals surface area (Å²) in [5.41, 5.74) is 1.33. The Morgan fingerprint density at radius 3 is 2.58 bits per heavy atom. The molecule has 2 amide bonds. The lowest BCUT2D eigenvalue weighted by Crippen LogP contribution is -2.44. The number of carbonyl (C=O) groups is 2. The zero-order valence-electron chi connectivity index (χ0n) is 16.3. The second-order valence-corrected chi connectivity index (χ2v) is 7.83. The van der Waals surface area contributed by atoms with E-state index in [2.05, 4.69) is 60.6 Å². The molecule has 1 fully saturated rings. The highest BCUT2D eigenvalue weighted by Crippen LogP contribution is 2.21.